The van der Waals surface area contributed by atoms with Gasteiger partial charge in [0.05, 0.1) is 9.16 Å². The van der Waals surface area contributed by atoms with Gasteiger partial charge in [-0.25, -0.2) is 0 Å². The van der Waals surface area contributed by atoms with Crippen molar-refractivity contribution in [3.63, 3.8) is 0 Å². The Hall–Kier alpha value is 1.05. The standard InChI is InChI=1S/C4H6S3/c1-3(5-1)7-4-2-6-4/h3-4H,1-2H2. The van der Waals surface area contributed by atoms with Crippen LogP contribution in [0.4, 0.5) is 0 Å². The Kier molecular flexibility index (Phi) is 1.24. The normalized spacial score (nSPS) is 46.3. The topological polar surface area (TPSA) is 0 Å². The van der Waals surface area contributed by atoms with Crippen LogP contribution in [0.25, 0.3) is 0 Å². The Balaban J connectivity index is 1.69. The highest BCUT2D eigenvalue weighted by molar-refractivity contribution is 8.31. The summed E-state index contributed by atoms with van der Waals surface area (Å²) in [5.41, 5.74) is 0. The fraction of sp³-hybridized carbons (Fsp3) is 1.00. The summed E-state index contributed by atoms with van der Waals surface area (Å²) in [6.45, 7) is 0. The second-order valence-corrected chi connectivity index (χ2v) is 6.14. The third-order valence-corrected chi connectivity index (χ3v) is 5.03. The van der Waals surface area contributed by atoms with E-state index in [1.807, 2.05) is 0 Å². The van der Waals surface area contributed by atoms with E-state index >= 15 is 0 Å². The first-order chi connectivity index (χ1) is 3.45. The first-order valence-corrected chi connectivity index (χ1v) is 5.38. The molecule has 2 atom stereocenters. The molecule has 2 saturated heterocycles. The average Bonchev–Trinajstić information content (AvgIpc) is 2.33. The largest absolute Gasteiger partial charge is 0.145 e. The van der Waals surface area contributed by atoms with Crippen molar-refractivity contribution in [2.75, 3.05) is 11.5 Å². The Morgan fingerprint density at radius 3 is 1.86 bits per heavy atom. The summed E-state index contributed by atoms with van der Waals surface area (Å²) in [4.78, 5) is 0. The van der Waals surface area contributed by atoms with Gasteiger partial charge >= 0.3 is 0 Å². The molecule has 7 heavy (non-hydrogen) atoms. The van der Waals surface area contributed by atoms with Gasteiger partial charge in [-0.2, -0.15) is 0 Å². The molecule has 2 rings (SSSR count). The van der Waals surface area contributed by atoms with E-state index < -0.39 is 0 Å². The molecule has 40 valence electrons. The quantitative estimate of drug-likeness (QED) is 0.552. The predicted octanol–water partition coefficient (Wildman–Crippen LogP) is 1.87. The second kappa shape index (κ2) is 1.78. The lowest BCUT2D eigenvalue weighted by Gasteiger charge is -1.84. The summed E-state index contributed by atoms with van der Waals surface area (Å²) in [6.07, 6.45) is 0. The molecule has 2 fully saturated rings. The molecular weight excluding hydrogens is 144 g/mol. The van der Waals surface area contributed by atoms with Crippen LogP contribution >= 0.6 is 35.3 Å². The van der Waals surface area contributed by atoms with E-state index in [1.54, 1.807) is 0 Å². The molecule has 0 amide bonds. The van der Waals surface area contributed by atoms with Crippen LogP contribution in [0.15, 0.2) is 0 Å². The third-order valence-electron chi connectivity index (χ3n) is 0.909. The molecule has 3 heteroatoms. The van der Waals surface area contributed by atoms with Crippen molar-refractivity contribution < 1.29 is 0 Å². The van der Waals surface area contributed by atoms with E-state index in [-0.39, 0.29) is 0 Å². The van der Waals surface area contributed by atoms with E-state index in [4.69, 9.17) is 0 Å². The Morgan fingerprint density at radius 1 is 1.14 bits per heavy atom. The number of rotatable bonds is 2. The Morgan fingerprint density at radius 2 is 1.57 bits per heavy atom. The highest BCUT2D eigenvalue weighted by Crippen LogP contribution is 2.51. The predicted molar refractivity (Wildman–Crippen MR) is 40.1 cm³/mol. The monoisotopic (exact) mass is 150 g/mol. The van der Waals surface area contributed by atoms with E-state index in [0.717, 1.165) is 9.16 Å². The van der Waals surface area contributed by atoms with Gasteiger partial charge in [-0.15, -0.1) is 35.3 Å². The van der Waals surface area contributed by atoms with Gasteiger partial charge in [-0.05, 0) is 0 Å². The van der Waals surface area contributed by atoms with Crippen LogP contribution in [-0.4, -0.2) is 20.7 Å². The number of hydrogen-bond donors (Lipinski definition) is 0. The highest BCUT2D eigenvalue weighted by Gasteiger charge is 2.32. The molecule has 2 aliphatic heterocycles. The maximum Gasteiger partial charge on any atom is 0.0605 e. The number of thioether (sulfide) groups is 3. The van der Waals surface area contributed by atoms with E-state index in [0.29, 0.717) is 0 Å². The van der Waals surface area contributed by atoms with Crippen molar-refractivity contribution in [3.05, 3.63) is 0 Å². The minimum atomic E-state index is 1.000. The third kappa shape index (κ3) is 1.47. The summed E-state index contributed by atoms with van der Waals surface area (Å²) in [6, 6.07) is 0. The summed E-state index contributed by atoms with van der Waals surface area (Å²) < 4.78 is 2.00. The summed E-state index contributed by atoms with van der Waals surface area (Å²) >= 11 is 6.33. The molecule has 0 N–H and O–H groups in total. The van der Waals surface area contributed by atoms with Crippen molar-refractivity contribution in [2.45, 2.75) is 9.16 Å². The van der Waals surface area contributed by atoms with E-state index in [1.165, 1.54) is 11.5 Å². The van der Waals surface area contributed by atoms with Gasteiger partial charge in [0.25, 0.3) is 0 Å². The Bertz CT molecular complexity index is 65.0. The van der Waals surface area contributed by atoms with Crippen molar-refractivity contribution in [2.24, 2.45) is 0 Å². The lowest BCUT2D eigenvalue weighted by atomic mass is 11.0. The van der Waals surface area contributed by atoms with E-state index in [9.17, 15) is 0 Å². The molecule has 0 aromatic rings. The summed E-state index contributed by atoms with van der Waals surface area (Å²) in [5, 5.41) is 0. The van der Waals surface area contributed by atoms with Gasteiger partial charge in [0, 0.05) is 11.5 Å². The van der Waals surface area contributed by atoms with Crippen LogP contribution in [0.5, 0.6) is 0 Å². The van der Waals surface area contributed by atoms with Crippen LogP contribution in [-0.2, 0) is 0 Å². The molecule has 2 unspecified atom stereocenters. The second-order valence-electron chi connectivity index (χ2n) is 1.66. The van der Waals surface area contributed by atoms with Gasteiger partial charge in [-0.1, -0.05) is 0 Å². The summed E-state index contributed by atoms with van der Waals surface area (Å²) in [5.74, 6) is 2.84. The van der Waals surface area contributed by atoms with Gasteiger partial charge in [0.15, 0.2) is 0 Å². The molecule has 0 radical (unpaired) electrons. The highest BCUT2D eigenvalue weighted by atomic mass is 32.2. The van der Waals surface area contributed by atoms with Gasteiger partial charge < -0.3 is 0 Å². The molecule has 0 saturated carbocycles. The van der Waals surface area contributed by atoms with Crippen LogP contribution in [0.3, 0.4) is 0 Å². The minimum absolute atomic E-state index is 1.000. The van der Waals surface area contributed by atoms with Crippen LogP contribution in [0.1, 0.15) is 0 Å². The molecule has 0 aromatic carbocycles. The molecule has 0 bridgehead atoms. The molecule has 0 aromatic heterocycles. The Labute approximate surface area is 56.2 Å². The van der Waals surface area contributed by atoms with Gasteiger partial charge in [-0.3, -0.25) is 0 Å². The molecule has 0 aliphatic carbocycles. The lowest BCUT2D eigenvalue weighted by molar-refractivity contribution is 1.56. The average molecular weight is 150 g/mol. The van der Waals surface area contributed by atoms with Gasteiger partial charge in [0.2, 0.25) is 0 Å². The zero-order valence-corrected chi connectivity index (χ0v) is 6.24. The molecular formula is C4H6S3. The SMILES string of the molecule is C1SC1SC1CS1. The summed E-state index contributed by atoms with van der Waals surface area (Å²) in [7, 11) is 0. The smallest absolute Gasteiger partial charge is 0.0605 e. The van der Waals surface area contributed by atoms with Crippen LogP contribution in [0.2, 0.25) is 0 Å². The van der Waals surface area contributed by atoms with Crippen LogP contribution < -0.4 is 0 Å². The molecule has 0 nitrogen and oxygen atoms in total. The molecule has 0 spiro atoms. The minimum Gasteiger partial charge on any atom is -0.145 e. The zero-order chi connectivity index (χ0) is 4.69. The fourth-order valence-corrected chi connectivity index (χ4v) is 3.64. The van der Waals surface area contributed by atoms with Crippen LogP contribution in [0, 0.1) is 0 Å². The van der Waals surface area contributed by atoms with Crippen molar-refractivity contribution in [1.29, 1.82) is 0 Å². The first-order valence-electron chi connectivity index (χ1n) is 2.34. The lowest BCUT2D eigenvalue weighted by Crippen LogP contribution is -1.75. The van der Waals surface area contributed by atoms with Gasteiger partial charge in [0.1, 0.15) is 0 Å². The first kappa shape index (κ1) is 4.89. The fourth-order valence-electron chi connectivity index (χ4n) is 0.405. The zero-order valence-electron chi connectivity index (χ0n) is 3.79. The van der Waals surface area contributed by atoms with Crippen molar-refractivity contribution >= 4 is 35.3 Å². The maximum absolute atomic E-state index is 2.16. The van der Waals surface area contributed by atoms with Crippen molar-refractivity contribution in [3.8, 4) is 0 Å². The number of hydrogen-bond acceptors (Lipinski definition) is 3. The van der Waals surface area contributed by atoms with Crippen molar-refractivity contribution in [1.82, 2.24) is 0 Å². The molecule has 2 aliphatic rings. The van der Waals surface area contributed by atoms with E-state index in [2.05, 4.69) is 35.3 Å². The maximum atomic E-state index is 2.16. The molecule has 2 heterocycles.